The number of carbonyl (C=O) groups excluding carboxylic acids is 2. The molecular weight excluding hydrogens is 410 g/mol. The van der Waals surface area contributed by atoms with Gasteiger partial charge >= 0.3 is 6.03 Å². The van der Waals surface area contributed by atoms with Crippen molar-refractivity contribution in [2.45, 2.75) is 25.3 Å². The molecule has 1 heterocycles. The number of carbonyl (C=O) groups is 2. The van der Waals surface area contributed by atoms with Crippen LogP contribution in [0.4, 0.5) is 10.5 Å². The van der Waals surface area contributed by atoms with E-state index in [2.05, 4.69) is 20.8 Å². The van der Waals surface area contributed by atoms with Crippen molar-refractivity contribution in [1.29, 1.82) is 0 Å². The van der Waals surface area contributed by atoms with Crippen LogP contribution >= 0.6 is 0 Å². The van der Waals surface area contributed by atoms with E-state index in [4.69, 9.17) is 9.26 Å². The van der Waals surface area contributed by atoms with Crippen LogP contribution in [0.2, 0.25) is 0 Å². The van der Waals surface area contributed by atoms with E-state index < -0.39 is 0 Å². The lowest BCUT2D eigenvalue weighted by Gasteiger charge is -2.18. The van der Waals surface area contributed by atoms with Gasteiger partial charge in [-0.25, -0.2) is 4.79 Å². The monoisotopic (exact) mass is 435 g/mol. The van der Waals surface area contributed by atoms with Gasteiger partial charge in [-0.3, -0.25) is 4.79 Å². The number of ether oxygens (including phenoxy) is 1. The van der Waals surface area contributed by atoms with E-state index in [9.17, 15) is 9.59 Å². The largest absolute Gasteiger partial charge is 0.495 e. The lowest BCUT2D eigenvalue weighted by molar-refractivity contribution is 0.0951. The molecule has 9 nitrogen and oxygen atoms in total. The Bertz CT molecular complexity index is 1090. The fraction of sp³-hybridized carbons (Fsp3) is 0.304. The van der Waals surface area contributed by atoms with Crippen molar-refractivity contribution in [2.24, 2.45) is 0 Å². The number of nitrogens with zero attached hydrogens (tertiary/aromatic N) is 3. The maximum absolute atomic E-state index is 12.4. The maximum atomic E-state index is 12.4. The summed E-state index contributed by atoms with van der Waals surface area (Å²) in [5.74, 6) is 1.38. The van der Waals surface area contributed by atoms with Gasteiger partial charge in [0, 0.05) is 37.2 Å². The molecule has 1 aliphatic rings. The lowest BCUT2D eigenvalue weighted by atomic mass is 10.1. The second-order valence-corrected chi connectivity index (χ2v) is 7.64. The number of para-hydroxylation sites is 2. The smallest absolute Gasteiger partial charge is 0.321 e. The van der Waals surface area contributed by atoms with Crippen LogP contribution in [0.3, 0.4) is 0 Å². The number of amides is 3. The van der Waals surface area contributed by atoms with Crippen LogP contribution in [0.25, 0.3) is 11.5 Å². The summed E-state index contributed by atoms with van der Waals surface area (Å²) in [6.45, 7) is 0.403. The number of hydrogen-bond donors (Lipinski definition) is 2. The van der Waals surface area contributed by atoms with Crippen LogP contribution in [0.1, 0.15) is 29.0 Å². The third kappa shape index (κ3) is 5.23. The molecule has 3 aromatic rings. The predicted octanol–water partition coefficient (Wildman–Crippen LogP) is 3.34. The molecule has 166 valence electrons. The Morgan fingerprint density at radius 3 is 2.62 bits per heavy atom. The summed E-state index contributed by atoms with van der Waals surface area (Å²) < 4.78 is 10.6. The molecule has 0 radical (unpaired) electrons. The Labute approximate surface area is 185 Å². The van der Waals surface area contributed by atoms with Crippen molar-refractivity contribution in [1.82, 2.24) is 20.4 Å². The van der Waals surface area contributed by atoms with E-state index in [0.29, 0.717) is 47.7 Å². The van der Waals surface area contributed by atoms with E-state index in [0.717, 1.165) is 18.4 Å². The molecule has 1 aromatic heterocycles. The Morgan fingerprint density at radius 2 is 1.91 bits per heavy atom. The highest BCUT2D eigenvalue weighted by atomic mass is 16.5. The molecule has 0 spiro atoms. The van der Waals surface area contributed by atoms with Gasteiger partial charge in [0.25, 0.3) is 11.8 Å². The summed E-state index contributed by atoms with van der Waals surface area (Å²) >= 11 is 0. The van der Waals surface area contributed by atoms with Crippen molar-refractivity contribution in [3.8, 4) is 17.2 Å². The highest BCUT2D eigenvalue weighted by Gasteiger charge is 2.23. The summed E-state index contributed by atoms with van der Waals surface area (Å²) in [5, 5.41) is 9.78. The Balaban J connectivity index is 1.31. The van der Waals surface area contributed by atoms with E-state index in [1.54, 1.807) is 50.6 Å². The van der Waals surface area contributed by atoms with E-state index in [1.165, 1.54) is 4.90 Å². The Morgan fingerprint density at radius 1 is 1.16 bits per heavy atom. The number of methoxy groups -OCH3 is 1. The number of rotatable bonds is 8. The van der Waals surface area contributed by atoms with Crippen LogP contribution in [-0.4, -0.2) is 53.7 Å². The molecule has 1 saturated carbocycles. The molecule has 3 amide bonds. The molecule has 2 aromatic carbocycles. The molecule has 1 fully saturated rings. The minimum Gasteiger partial charge on any atom is -0.495 e. The van der Waals surface area contributed by atoms with Crippen LogP contribution in [-0.2, 0) is 6.42 Å². The number of likely N-dealkylation sites (N-methyl/N-ethyl adjacent to an activating group) is 1. The standard InChI is InChI=1S/C23H25N5O4/c1-28(23(30)25-18-5-3-4-6-19(18)31-2)14-13-20-26-22(32-27-20)16-9-7-15(8-10-16)21(29)24-17-11-12-17/h3-10,17H,11-14H2,1-2H3,(H,24,29)(H,25,30). The molecule has 9 heteroatoms. The fourth-order valence-corrected chi connectivity index (χ4v) is 3.06. The third-order valence-electron chi connectivity index (χ3n) is 5.14. The van der Waals surface area contributed by atoms with E-state index >= 15 is 0 Å². The van der Waals surface area contributed by atoms with Crippen molar-refractivity contribution < 1.29 is 18.8 Å². The highest BCUT2D eigenvalue weighted by Crippen LogP contribution is 2.23. The second-order valence-electron chi connectivity index (χ2n) is 7.64. The van der Waals surface area contributed by atoms with Gasteiger partial charge in [0.15, 0.2) is 5.82 Å². The first-order valence-electron chi connectivity index (χ1n) is 10.4. The zero-order valence-corrected chi connectivity index (χ0v) is 18.0. The van der Waals surface area contributed by atoms with Crippen molar-refractivity contribution >= 4 is 17.6 Å². The summed E-state index contributed by atoms with van der Waals surface area (Å²) in [4.78, 5) is 30.5. The minimum absolute atomic E-state index is 0.0697. The average molecular weight is 435 g/mol. The molecule has 0 unspecified atom stereocenters. The summed E-state index contributed by atoms with van der Waals surface area (Å²) in [6.07, 6.45) is 2.53. The van der Waals surface area contributed by atoms with E-state index in [1.807, 2.05) is 12.1 Å². The molecule has 0 aliphatic heterocycles. The molecule has 0 saturated heterocycles. The molecule has 0 atom stereocenters. The van der Waals surface area contributed by atoms with E-state index in [-0.39, 0.29) is 11.9 Å². The zero-order valence-electron chi connectivity index (χ0n) is 18.0. The molecule has 32 heavy (non-hydrogen) atoms. The van der Waals surface area contributed by atoms with Crippen molar-refractivity contribution in [3.05, 3.63) is 59.9 Å². The fourth-order valence-electron chi connectivity index (χ4n) is 3.06. The topological polar surface area (TPSA) is 110 Å². The first-order chi connectivity index (χ1) is 15.5. The first-order valence-corrected chi connectivity index (χ1v) is 10.4. The van der Waals surface area contributed by atoms with Crippen LogP contribution < -0.4 is 15.4 Å². The third-order valence-corrected chi connectivity index (χ3v) is 5.14. The summed E-state index contributed by atoms with van der Waals surface area (Å²) in [6, 6.07) is 14.3. The zero-order chi connectivity index (χ0) is 22.5. The van der Waals surface area contributed by atoms with Gasteiger partial charge in [-0.15, -0.1) is 0 Å². The molecule has 4 rings (SSSR count). The van der Waals surface area contributed by atoms with Crippen LogP contribution in [0.15, 0.2) is 53.1 Å². The maximum Gasteiger partial charge on any atom is 0.321 e. The van der Waals surface area contributed by atoms with Gasteiger partial charge < -0.3 is 24.8 Å². The summed E-state index contributed by atoms with van der Waals surface area (Å²) in [7, 11) is 3.25. The molecule has 0 bridgehead atoms. The van der Waals surface area contributed by atoms with Gasteiger partial charge in [-0.05, 0) is 49.2 Å². The van der Waals surface area contributed by atoms with Crippen LogP contribution in [0.5, 0.6) is 5.75 Å². The van der Waals surface area contributed by atoms with Gasteiger partial charge in [-0.1, -0.05) is 17.3 Å². The Hall–Kier alpha value is -3.88. The number of nitrogens with one attached hydrogen (secondary N) is 2. The predicted molar refractivity (Wildman–Crippen MR) is 119 cm³/mol. The number of hydrogen-bond acceptors (Lipinski definition) is 6. The molecule has 2 N–H and O–H groups in total. The van der Waals surface area contributed by atoms with Crippen molar-refractivity contribution in [3.63, 3.8) is 0 Å². The Kier molecular flexibility index (Phi) is 6.34. The van der Waals surface area contributed by atoms with Gasteiger partial charge in [-0.2, -0.15) is 4.98 Å². The first kappa shape index (κ1) is 21.4. The number of anilines is 1. The quantitative estimate of drug-likeness (QED) is 0.562. The van der Waals surface area contributed by atoms with Crippen molar-refractivity contribution in [2.75, 3.05) is 26.0 Å². The molecular formula is C23H25N5O4. The average Bonchev–Trinajstić information content (AvgIpc) is 3.50. The normalized spacial score (nSPS) is 12.8. The van der Waals surface area contributed by atoms with Gasteiger partial charge in [0.1, 0.15) is 5.75 Å². The SMILES string of the molecule is COc1ccccc1NC(=O)N(C)CCc1noc(-c2ccc(C(=O)NC3CC3)cc2)n1. The number of benzene rings is 2. The lowest BCUT2D eigenvalue weighted by Crippen LogP contribution is -2.33. The highest BCUT2D eigenvalue weighted by molar-refractivity contribution is 5.95. The molecule has 1 aliphatic carbocycles. The number of aromatic nitrogens is 2. The number of urea groups is 1. The van der Waals surface area contributed by atoms with Gasteiger partial charge in [0.2, 0.25) is 0 Å². The summed E-state index contributed by atoms with van der Waals surface area (Å²) in [5.41, 5.74) is 1.93. The van der Waals surface area contributed by atoms with Crippen LogP contribution in [0, 0.1) is 0 Å². The van der Waals surface area contributed by atoms with Gasteiger partial charge in [0.05, 0.1) is 12.8 Å². The second kappa shape index (κ2) is 9.51. The minimum atomic E-state index is -0.265.